The Kier molecular flexibility index (Phi) is 4.22. The monoisotopic (exact) mass is 353 g/mol. The van der Waals surface area contributed by atoms with Crippen molar-refractivity contribution in [2.24, 2.45) is 0 Å². The zero-order valence-electron chi connectivity index (χ0n) is 15.4. The van der Waals surface area contributed by atoms with E-state index in [-0.39, 0.29) is 12.5 Å². The second-order valence-electron chi connectivity index (χ2n) is 7.77. The van der Waals surface area contributed by atoms with E-state index in [0.717, 1.165) is 15.7 Å². The van der Waals surface area contributed by atoms with Gasteiger partial charge in [-0.3, -0.25) is 14.5 Å². The zero-order valence-corrected chi connectivity index (χ0v) is 15.4. The van der Waals surface area contributed by atoms with Crippen LogP contribution in [0.25, 0.3) is 10.8 Å². The molecule has 0 aromatic heterocycles. The number of benzene rings is 2. The summed E-state index contributed by atoms with van der Waals surface area (Å²) in [4.78, 5) is 38.6. The third kappa shape index (κ3) is 3.14. The van der Waals surface area contributed by atoms with Crippen LogP contribution < -0.4 is 10.6 Å². The number of hydrogen-bond donors (Lipinski definition) is 2. The van der Waals surface area contributed by atoms with E-state index in [9.17, 15) is 14.4 Å². The summed E-state index contributed by atoms with van der Waals surface area (Å²) >= 11 is 0. The lowest BCUT2D eigenvalue weighted by Crippen LogP contribution is -2.48. The maximum atomic E-state index is 13.0. The van der Waals surface area contributed by atoms with Gasteiger partial charge >= 0.3 is 6.03 Å². The fraction of sp³-hybridized carbons (Fsp3) is 0.350. The number of nitrogens with one attached hydrogen (secondary N) is 2. The number of nitrogens with zero attached hydrogens (tertiary/aromatic N) is 1. The molecule has 1 aliphatic rings. The van der Waals surface area contributed by atoms with E-state index in [1.54, 1.807) is 6.92 Å². The predicted molar refractivity (Wildman–Crippen MR) is 99.4 cm³/mol. The van der Waals surface area contributed by atoms with Gasteiger partial charge in [-0.25, -0.2) is 4.79 Å². The van der Waals surface area contributed by atoms with E-state index < -0.39 is 23.0 Å². The van der Waals surface area contributed by atoms with Gasteiger partial charge in [0.1, 0.15) is 12.1 Å². The van der Waals surface area contributed by atoms with Crippen molar-refractivity contribution in [1.29, 1.82) is 0 Å². The first kappa shape index (κ1) is 17.9. The maximum absolute atomic E-state index is 13.0. The molecule has 1 aliphatic heterocycles. The number of hydrogen-bond acceptors (Lipinski definition) is 3. The molecule has 3 rings (SSSR count). The average molecular weight is 353 g/mol. The molecule has 1 saturated heterocycles. The number of rotatable bonds is 3. The Labute approximate surface area is 152 Å². The number of fused-ring (bicyclic) bond motifs is 1. The zero-order chi connectivity index (χ0) is 19.1. The number of carbonyl (C=O) groups excluding carboxylic acids is 3. The minimum atomic E-state index is -1.21. The Morgan fingerprint density at radius 1 is 1.12 bits per heavy atom. The highest BCUT2D eigenvalue weighted by Gasteiger charge is 2.50. The molecule has 6 nitrogen and oxygen atoms in total. The van der Waals surface area contributed by atoms with Crippen molar-refractivity contribution in [2.75, 3.05) is 6.54 Å². The van der Waals surface area contributed by atoms with Crippen molar-refractivity contribution in [2.45, 2.75) is 38.8 Å². The van der Waals surface area contributed by atoms with Gasteiger partial charge in [-0.2, -0.15) is 0 Å². The molecule has 0 bridgehead atoms. The molecule has 2 aromatic rings. The number of amides is 4. The molecule has 0 aliphatic carbocycles. The van der Waals surface area contributed by atoms with Crippen molar-refractivity contribution in [3.63, 3.8) is 0 Å². The van der Waals surface area contributed by atoms with Gasteiger partial charge in [0.15, 0.2) is 0 Å². The normalized spacial score (nSPS) is 20.4. The maximum Gasteiger partial charge on any atom is 0.325 e. The van der Waals surface area contributed by atoms with Gasteiger partial charge in [0.05, 0.1) is 0 Å². The summed E-state index contributed by atoms with van der Waals surface area (Å²) in [5, 5.41) is 7.41. The molecule has 6 heteroatoms. The Morgan fingerprint density at radius 3 is 2.46 bits per heavy atom. The first-order chi connectivity index (χ1) is 12.1. The molecular formula is C20H23N3O3. The van der Waals surface area contributed by atoms with Gasteiger partial charge in [0.2, 0.25) is 5.91 Å². The fourth-order valence-electron chi connectivity index (χ4n) is 3.29. The SMILES string of the molecule is CC(C)(C)NC(=O)CN1C(=O)N[C@@](C)(c2cccc3ccccc23)C1=O. The van der Waals surface area contributed by atoms with Crippen LogP contribution in [-0.2, 0) is 15.1 Å². The number of urea groups is 1. The number of carbonyl (C=O) groups is 3. The van der Waals surface area contributed by atoms with Gasteiger partial charge in [0, 0.05) is 5.54 Å². The Hall–Kier alpha value is -2.89. The average Bonchev–Trinajstić information content (AvgIpc) is 2.77. The Bertz CT molecular complexity index is 895. The molecule has 1 heterocycles. The van der Waals surface area contributed by atoms with Crippen molar-refractivity contribution in [3.8, 4) is 0 Å². The van der Waals surface area contributed by atoms with E-state index in [0.29, 0.717) is 5.56 Å². The molecule has 26 heavy (non-hydrogen) atoms. The molecule has 2 aromatic carbocycles. The lowest BCUT2D eigenvalue weighted by molar-refractivity contribution is -0.135. The Morgan fingerprint density at radius 2 is 1.77 bits per heavy atom. The van der Waals surface area contributed by atoms with Crippen LogP contribution in [0.3, 0.4) is 0 Å². The molecule has 4 amide bonds. The van der Waals surface area contributed by atoms with Crippen molar-refractivity contribution < 1.29 is 14.4 Å². The van der Waals surface area contributed by atoms with Gasteiger partial charge in [0.25, 0.3) is 5.91 Å². The molecule has 1 atom stereocenters. The first-order valence-corrected chi connectivity index (χ1v) is 8.55. The van der Waals surface area contributed by atoms with Gasteiger partial charge in [-0.05, 0) is 44.0 Å². The standard InChI is InChI=1S/C20H23N3O3/c1-19(2,3)21-16(24)12-23-17(25)20(4,22-18(23)26)15-11-7-9-13-8-5-6-10-14(13)15/h5-11H,12H2,1-4H3,(H,21,24)(H,22,26)/t20-/m0/s1. The summed E-state index contributed by atoms with van der Waals surface area (Å²) < 4.78 is 0. The van der Waals surface area contributed by atoms with E-state index in [2.05, 4.69) is 10.6 Å². The van der Waals surface area contributed by atoms with Gasteiger partial charge in [-0.1, -0.05) is 42.5 Å². The first-order valence-electron chi connectivity index (χ1n) is 8.55. The third-order valence-corrected chi connectivity index (χ3v) is 4.42. The lowest BCUT2D eigenvalue weighted by atomic mass is 9.88. The molecule has 136 valence electrons. The van der Waals surface area contributed by atoms with Crippen LogP contribution in [0, 0.1) is 0 Å². The summed E-state index contributed by atoms with van der Waals surface area (Å²) in [7, 11) is 0. The molecule has 0 radical (unpaired) electrons. The molecule has 1 fully saturated rings. The second-order valence-corrected chi connectivity index (χ2v) is 7.77. The predicted octanol–water partition coefficient (Wildman–Crippen LogP) is 2.52. The van der Waals surface area contributed by atoms with Crippen LogP contribution in [0.2, 0.25) is 0 Å². The molecule has 0 saturated carbocycles. The summed E-state index contributed by atoms with van der Waals surface area (Å²) in [5.74, 6) is -0.800. The highest BCUT2D eigenvalue weighted by Crippen LogP contribution is 2.33. The second kappa shape index (κ2) is 6.12. The highest BCUT2D eigenvalue weighted by molar-refractivity contribution is 6.10. The van der Waals surface area contributed by atoms with Gasteiger partial charge < -0.3 is 10.6 Å². The van der Waals surface area contributed by atoms with Crippen LogP contribution in [0.1, 0.15) is 33.3 Å². The fourth-order valence-corrected chi connectivity index (χ4v) is 3.29. The molecule has 0 spiro atoms. The minimum absolute atomic E-state index is 0.303. The van der Waals surface area contributed by atoms with E-state index in [4.69, 9.17) is 0 Å². The van der Waals surface area contributed by atoms with Crippen LogP contribution >= 0.6 is 0 Å². The van der Waals surface area contributed by atoms with Crippen LogP contribution in [0.15, 0.2) is 42.5 Å². The van der Waals surface area contributed by atoms with Crippen LogP contribution in [0.4, 0.5) is 4.79 Å². The van der Waals surface area contributed by atoms with Crippen molar-refractivity contribution in [3.05, 3.63) is 48.0 Å². The topological polar surface area (TPSA) is 78.5 Å². The lowest BCUT2D eigenvalue weighted by Gasteiger charge is -2.25. The smallest absolute Gasteiger partial charge is 0.325 e. The Balaban J connectivity index is 1.93. The molecule has 2 N–H and O–H groups in total. The van der Waals surface area contributed by atoms with E-state index >= 15 is 0 Å². The summed E-state index contributed by atoms with van der Waals surface area (Å²) in [6.45, 7) is 6.91. The minimum Gasteiger partial charge on any atom is -0.350 e. The molecular weight excluding hydrogens is 330 g/mol. The quantitative estimate of drug-likeness (QED) is 0.832. The summed E-state index contributed by atoms with van der Waals surface area (Å²) in [5.41, 5.74) is -0.928. The summed E-state index contributed by atoms with van der Waals surface area (Å²) in [6.07, 6.45) is 0. The summed E-state index contributed by atoms with van der Waals surface area (Å²) in [6, 6.07) is 12.8. The van der Waals surface area contributed by atoms with Gasteiger partial charge in [-0.15, -0.1) is 0 Å². The van der Waals surface area contributed by atoms with Crippen molar-refractivity contribution in [1.82, 2.24) is 15.5 Å². The van der Waals surface area contributed by atoms with Crippen LogP contribution in [0.5, 0.6) is 0 Å². The third-order valence-electron chi connectivity index (χ3n) is 4.42. The van der Waals surface area contributed by atoms with E-state index in [1.165, 1.54) is 0 Å². The highest BCUT2D eigenvalue weighted by atomic mass is 16.2. The number of imide groups is 1. The van der Waals surface area contributed by atoms with Crippen LogP contribution in [-0.4, -0.2) is 34.8 Å². The largest absolute Gasteiger partial charge is 0.350 e. The van der Waals surface area contributed by atoms with E-state index in [1.807, 2.05) is 63.2 Å². The van der Waals surface area contributed by atoms with Crippen molar-refractivity contribution >= 4 is 28.6 Å². The molecule has 0 unspecified atom stereocenters.